The second-order valence-electron chi connectivity index (χ2n) is 7.53. The quantitative estimate of drug-likeness (QED) is 0.837. The summed E-state index contributed by atoms with van der Waals surface area (Å²) in [6, 6.07) is 10.4. The highest BCUT2D eigenvalue weighted by Crippen LogP contribution is 2.35. The smallest absolute Gasteiger partial charge is 0.339 e. The van der Waals surface area contributed by atoms with Gasteiger partial charge in [0.2, 0.25) is 0 Å². The van der Waals surface area contributed by atoms with Crippen molar-refractivity contribution in [2.24, 2.45) is 0 Å². The lowest BCUT2D eigenvalue weighted by Crippen LogP contribution is -2.32. The number of rotatable bonds is 3. The molecule has 26 heavy (non-hydrogen) atoms. The standard InChI is InChI=1S/C20H23NO4S/c1-20(2)9-7-15-12-18(5-6-19(15)24-20)26(22,23)25-17-4-3-14-8-10-21-13-16(14)11-17/h3-6,11-12,21H,7-10,13H2,1-2H3. The fraction of sp³-hybridized carbons (Fsp3) is 0.400. The molecule has 2 aromatic rings. The molecule has 0 amide bonds. The van der Waals surface area contributed by atoms with Crippen molar-refractivity contribution in [2.45, 2.75) is 50.2 Å². The van der Waals surface area contributed by atoms with Gasteiger partial charge in [-0.25, -0.2) is 0 Å². The SMILES string of the molecule is CC1(C)CCc2cc(S(=O)(=O)Oc3ccc4c(c3)CNCC4)ccc2O1. The van der Waals surface area contributed by atoms with Crippen LogP contribution in [0.1, 0.15) is 37.0 Å². The second kappa shape index (κ2) is 6.28. The average molecular weight is 373 g/mol. The molecule has 0 spiro atoms. The first-order valence-electron chi connectivity index (χ1n) is 8.91. The number of benzene rings is 2. The third-order valence-electron chi connectivity index (χ3n) is 4.97. The molecule has 1 N–H and O–H groups in total. The molecule has 0 aromatic heterocycles. The molecule has 0 saturated carbocycles. The van der Waals surface area contributed by atoms with E-state index in [1.165, 1.54) is 5.56 Å². The van der Waals surface area contributed by atoms with E-state index in [1.54, 1.807) is 24.3 Å². The molecule has 138 valence electrons. The normalized spacial score (nSPS) is 18.4. The Morgan fingerprint density at radius 1 is 1.04 bits per heavy atom. The van der Waals surface area contributed by atoms with Gasteiger partial charge in [0.1, 0.15) is 22.0 Å². The van der Waals surface area contributed by atoms with Crippen LogP contribution in [0.15, 0.2) is 41.3 Å². The van der Waals surface area contributed by atoms with Crippen LogP contribution in [0, 0.1) is 0 Å². The molecule has 4 rings (SSSR count). The zero-order chi connectivity index (χ0) is 18.4. The Hall–Kier alpha value is -2.05. The first kappa shape index (κ1) is 17.4. The van der Waals surface area contributed by atoms with Gasteiger partial charge in [-0.15, -0.1) is 0 Å². The van der Waals surface area contributed by atoms with Crippen molar-refractivity contribution in [3.05, 3.63) is 53.1 Å². The van der Waals surface area contributed by atoms with Gasteiger partial charge in [-0.05, 0) is 86.7 Å². The van der Waals surface area contributed by atoms with Gasteiger partial charge >= 0.3 is 10.1 Å². The van der Waals surface area contributed by atoms with Crippen LogP contribution in [0.3, 0.4) is 0 Å². The summed E-state index contributed by atoms with van der Waals surface area (Å²) < 4.78 is 36.7. The predicted molar refractivity (Wildman–Crippen MR) is 99.1 cm³/mol. The first-order valence-corrected chi connectivity index (χ1v) is 10.3. The highest BCUT2D eigenvalue weighted by atomic mass is 32.2. The summed E-state index contributed by atoms with van der Waals surface area (Å²) in [6.07, 6.45) is 2.59. The van der Waals surface area contributed by atoms with Gasteiger partial charge in [0.15, 0.2) is 0 Å². The minimum absolute atomic E-state index is 0.162. The highest BCUT2D eigenvalue weighted by Gasteiger charge is 2.28. The van der Waals surface area contributed by atoms with E-state index in [0.29, 0.717) is 5.75 Å². The van der Waals surface area contributed by atoms with E-state index < -0.39 is 10.1 Å². The van der Waals surface area contributed by atoms with Crippen molar-refractivity contribution in [3.8, 4) is 11.5 Å². The third-order valence-corrected chi connectivity index (χ3v) is 6.22. The Bertz CT molecular complexity index is 950. The number of hydrogen-bond acceptors (Lipinski definition) is 5. The maximum atomic E-state index is 12.7. The van der Waals surface area contributed by atoms with Crippen molar-refractivity contribution >= 4 is 10.1 Å². The minimum atomic E-state index is -3.88. The zero-order valence-corrected chi connectivity index (χ0v) is 15.9. The van der Waals surface area contributed by atoms with E-state index in [-0.39, 0.29) is 10.5 Å². The van der Waals surface area contributed by atoms with E-state index in [4.69, 9.17) is 8.92 Å². The Morgan fingerprint density at radius 2 is 1.88 bits per heavy atom. The maximum Gasteiger partial charge on any atom is 0.339 e. The fourth-order valence-corrected chi connectivity index (χ4v) is 4.45. The lowest BCUT2D eigenvalue weighted by Gasteiger charge is -2.32. The predicted octanol–water partition coefficient (Wildman–Crippen LogP) is 3.20. The second-order valence-corrected chi connectivity index (χ2v) is 9.07. The van der Waals surface area contributed by atoms with E-state index >= 15 is 0 Å². The number of ether oxygens (including phenoxy) is 1. The van der Waals surface area contributed by atoms with Crippen molar-refractivity contribution in [2.75, 3.05) is 6.54 Å². The summed E-state index contributed by atoms with van der Waals surface area (Å²) in [4.78, 5) is 0.162. The Morgan fingerprint density at radius 3 is 2.73 bits per heavy atom. The monoisotopic (exact) mass is 373 g/mol. The zero-order valence-electron chi connectivity index (χ0n) is 15.0. The van der Waals surface area contributed by atoms with Gasteiger partial charge in [-0.3, -0.25) is 0 Å². The Kier molecular flexibility index (Phi) is 4.20. The van der Waals surface area contributed by atoms with E-state index in [9.17, 15) is 8.42 Å². The third kappa shape index (κ3) is 3.44. The molecule has 5 nitrogen and oxygen atoms in total. The molecule has 2 aliphatic rings. The molecule has 2 aliphatic heterocycles. The van der Waals surface area contributed by atoms with Crippen LogP contribution in [0.25, 0.3) is 0 Å². The largest absolute Gasteiger partial charge is 0.488 e. The van der Waals surface area contributed by atoms with Gasteiger partial charge in [0, 0.05) is 6.54 Å². The molecule has 2 heterocycles. The van der Waals surface area contributed by atoms with Crippen molar-refractivity contribution < 1.29 is 17.3 Å². The van der Waals surface area contributed by atoms with Crippen LogP contribution in [-0.2, 0) is 29.5 Å². The van der Waals surface area contributed by atoms with Crippen LogP contribution in [-0.4, -0.2) is 20.6 Å². The van der Waals surface area contributed by atoms with Gasteiger partial charge in [0.25, 0.3) is 0 Å². The highest BCUT2D eigenvalue weighted by molar-refractivity contribution is 7.87. The number of nitrogens with one attached hydrogen (secondary N) is 1. The molecule has 0 aliphatic carbocycles. The summed E-state index contributed by atoms with van der Waals surface area (Å²) in [5.41, 5.74) is 3.01. The van der Waals surface area contributed by atoms with Crippen LogP contribution >= 0.6 is 0 Å². The first-order chi connectivity index (χ1) is 12.3. The lowest BCUT2D eigenvalue weighted by molar-refractivity contribution is 0.0845. The topological polar surface area (TPSA) is 64.6 Å². The number of aryl methyl sites for hydroxylation is 1. The summed E-state index contributed by atoms with van der Waals surface area (Å²) in [6.45, 7) is 5.75. The summed E-state index contributed by atoms with van der Waals surface area (Å²) in [5, 5.41) is 3.28. The summed E-state index contributed by atoms with van der Waals surface area (Å²) in [7, 11) is -3.88. The van der Waals surface area contributed by atoms with Gasteiger partial charge in [0.05, 0.1) is 0 Å². The average Bonchev–Trinajstić information content (AvgIpc) is 2.60. The molecule has 2 aromatic carbocycles. The summed E-state index contributed by atoms with van der Waals surface area (Å²) in [5.74, 6) is 1.10. The minimum Gasteiger partial charge on any atom is -0.488 e. The van der Waals surface area contributed by atoms with Gasteiger partial charge in [-0.2, -0.15) is 8.42 Å². The van der Waals surface area contributed by atoms with E-state index in [0.717, 1.165) is 49.2 Å². The van der Waals surface area contributed by atoms with Crippen LogP contribution in [0.5, 0.6) is 11.5 Å². The number of hydrogen-bond donors (Lipinski definition) is 1. The molecular formula is C20H23NO4S. The van der Waals surface area contributed by atoms with Crippen LogP contribution in [0.4, 0.5) is 0 Å². The van der Waals surface area contributed by atoms with Gasteiger partial charge in [-0.1, -0.05) is 6.07 Å². The van der Waals surface area contributed by atoms with Gasteiger partial charge < -0.3 is 14.2 Å². The molecular weight excluding hydrogens is 350 g/mol. The van der Waals surface area contributed by atoms with E-state index in [2.05, 4.69) is 5.32 Å². The molecule has 0 bridgehead atoms. The molecule has 6 heteroatoms. The summed E-state index contributed by atoms with van der Waals surface area (Å²) >= 11 is 0. The lowest BCUT2D eigenvalue weighted by atomic mass is 9.94. The van der Waals surface area contributed by atoms with Crippen molar-refractivity contribution in [3.63, 3.8) is 0 Å². The van der Waals surface area contributed by atoms with Crippen molar-refractivity contribution in [1.29, 1.82) is 0 Å². The van der Waals surface area contributed by atoms with Crippen LogP contribution in [0.2, 0.25) is 0 Å². The van der Waals surface area contributed by atoms with E-state index in [1.807, 2.05) is 26.0 Å². The van der Waals surface area contributed by atoms with Crippen molar-refractivity contribution in [1.82, 2.24) is 5.32 Å². The Labute approximate surface area is 154 Å². The molecule has 0 atom stereocenters. The number of fused-ring (bicyclic) bond motifs is 2. The molecule has 0 radical (unpaired) electrons. The molecule has 0 saturated heterocycles. The Balaban J connectivity index is 1.59. The molecule has 0 unspecified atom stereocenters. The fourth-order valence-electron chi connectivity index (χ4n) is 3.47. The molecule has 0 fully saturated rings. The maximum absolute atomic E-state index is 12.7. The van der Waals surface area contributed by atoms with Crippen LogP contribution < -0.4 is 14.2 Å².